The number of benzene rings is 1. The van der Waals surface area contributed by atoms with Crippen LogP contribution in [0.3, 0.4) is 0 Å². The molecule has 0 aliphatic carbocycles. The van der Waals surface area contributed by atoms with Crippen molar-refractivity contribution >= 4 is 46.1 Å². The summed E-state index contributed by atoms with van der Waals surface area (Å²) < 4.78 is 1.23. The first-order chi connectivity index (χ1) is 11.5. The van der Waals surface area contributed by atoms with Gasteiger partial charge in [-0.25, -0.2) is 4.98 Å². The number of thiophene rings is 1. The number of rotatable bonds is 4. The summed E-state index contributed by atoms with van der Waals surface area (Å²) in [5.74, 6) is -0.374. The zero-order valence-electron chi connectivity index (χ0n) is 12.2. The molecular weight excluding hydrogens is 369 g/mol. The summed E-state index contributed by atoms with van der Waals surface area (Å²) in [6, 6.07) is 9.90. The first-order valence-electron chi connectivity index (χ1n) is 6.87. The van der Waals surface area contributed by atoms with Crippen LogP contribution in [0.5, 0.6) is 0 Å². The standard InChI is InChI=1S/C16H11Cl2N3O2S/c17-10-4-11(18)6-12(5-10)20-15(22)8-21-9-19-13(7-16(21)23)14-2-1-3-24-14/h1-7,9H,8H2,(H,20,22). The van der Waals surface area contributed by atoms with Crippen molar-refractivity contribution in [1.29, 1.82) is 0 Å². The number of carbonyl (C=O) groups excluding carboxylic acids is 1. The largest absolute Gasteiger partial charge is 0.324 e. The van der Waals surface area contributed by atoms with Gasteiger partial charge in [-0.3, -0.25) is 14.2 Å². The van der Waals surface area contributed by atoms with E-state index < -0.39 is 0 Å². The Hall–Kier alpha value is -2.15. The van der Waals surface area contributed by atoms with Gasteiger partial charge in [-0.2, -0.15) is 0 Å². The summed E-state index contributed by atoms with van der Waals surface area (Å²) in [7, 11) is 0. The number of anilines is 1. The number of aromatic nitrogens is 2. The van der Waals surface area contributed by atoms with Crippen LogP contribution in [0, 0.1) is 0 Å². The van der Waals surface area contributed by atoms with Crippen LogP contribution in [-0.2, 0) is 11.3 Å². The normalized spacial score (nSPS) is 10.6. The van der Waals surface area contributed by atoms with Crippen molar-refractivity contribution in [3.63, 3.8) is 0 Å². The first kappa shape index (κ1) is 16.7. The number of hydrogen-bond donors (Lipinski definition) is 1. The van der Waals surface area contributed by atoms with Gasteiger partial charge < -0.3 is 5.32 Å². The highest BCUT2D eigenvalue weighted by atomic mass is 35.5. The van der Waals surface area contributed by atoms with Gasteiger partial charge in [0.05, 0.1) is 16.9 Å². The van der Waals surface area contributed by atoms with Crippen LogP contribution in [0.4, 0.5) is 5.69 Å². The van der Waals surface area contributed by atoms with Gasteiger partial charge in [0.25, 0.3) is 5.56 Å². The average Bonchev–Trinajstić information content (AvgIpc) is 3.02. The quantitative estimate of drug-likeness (QED) is 0.746. The van der Waals surface area contributed by atoms with Gasteiger partial charge in [0, 0.05) is 21.8 Å². The van der Waals surface area contributed by atoms with Crippen LogP contribution < -0.4 is 10.9 Å². The zero-order chi connectivity index (χ0) is 17.1. The Labute approximate surface area is 151 Å². The molecule has 1 amide bonds. The van der Waals surface area contributed by atoms with Gasteiger partial charge in [0.15, 0.2) is 0 Å². The van der Waals surface area contributed by atoms with Gasteiger partial charge in [-0.15, -0.1) is 11.3 Å². The van der Waals surface area contributed by atoms with Gasteiger partial charge >= 0.3 is 0 Å². The van der Waals surface area contributed by atoms with Crippen LogP contribution >= 0.6 is 34.5 Å². The minimum Gasteiger partial charge on any atom is -0.324 e. The molecule has 1 aromatic carbocycles. The Morgan fingerprint density at radius 1 is 1.21 bits per heavy atom. The van der Waals surface area contributed by atoms with Gasteiger partial charge in [0.1, 0.15) is 6.54 Å². The lowest BCUT2D eigenvalue weighted by Crippen LogP contribution is -2.27. The molecule has 2 heterocycles. The van der Waals surface area contributed by atoms with Crippen LogP contribution in [0.1, 0.15) is 0 Å². The molecular formula is C16H11Cl2N3O2S. The van der Waals surface area contributed by atoms with Crippen molar-refractivity contribution < 1.29 is 4.79 Å². The van der Waals surface area contributed by atoms with E-state index in [1.165, 1.54) is 28.3 Å². The molecule has 0 spiro atoms. The molecule has 0 bridgehead atoms. The molecule has 24 heavy (non-hydrogen) atoms. The molecule has 0 aliphatic rings. The first-order valence-corrected chi connectivity index (χ1v) is 8.51. The van der Waals surface area contributed by atoms with E-state index in [4.69, 9.17) is 23.2 Å². The Bertz CT molecular complexity index is 918. The molecule has 8 heteroatoms. The van der Waals surface area contributed by atoms with E-state index >= 15 is 0 Å². The fourth-order valence-corrected chi connectivity index (χ4v) is 3.30. The molecule has 3 aromatic rings. The van der Waals surface area contributed by atoms with Crippen molar-refractivity contribution in [2.24, 2.45) is 0 Å². The maximum absolute atomic E-state index is 12.1. The molecule has 0 saturated carbocycles. The Kier molecular flexibility index (Phi) is 4.99. The van der Waals surface area contributed by atoms with Crippen molar-refractivity contribution in [2.45, 2.75) is 6.54 Å². The van der Waals surface area contributed by atoms with Crippen molar-refractivity contribution in [3.05, 3.63) is 68.5 Å². The van der Waals surface area contributed by atoms with Gasteiger partial charge in [-0.05, 0) is 29.6 Å². The summed E-state index contributed by atoms with van der Waals surface area (Å²) in [6.45, 7) is -0.152. The second-order valence-electron chi connectivity index (χ2n) is 4.92. The van der Waals surface area contributed by atoms with Crippen LogP contribution in [-0.4, -0.2) is 15.5 Å². The SMILES string of the molecule is O=C(Cn1cnc(-c2cccs2)cc1=O)Nc1cc(Cl)cc(Cl)c1. The van der Waals surface area contributed by atoms with E-state index in [1.54, 1.807) is 18.2 Å². The minimum absolute atomic E-state index is 0.152. The minimum atomic E-state index is -0.374. The number of carbonyl (C=O) groups is 1. The van der Waals surface area contributed by atoms with Crippen molar-refractivity contribution in [2.75, 3.05) is 5.32 Å². The third-order valence-corrected chi connectivity index (χ3v) is 4.44. The fraction of sp³-hybridized carbons (Fsp3) is 0.0625. The predicted molar refractivity (Wildman–Crippen MR) is 96.9 cm³/mol. The highest BCUT2D eigenvalue weighted by Crippen LogP contribution is 2.22. The topological polar surface area (TPSA) is 64.0 Å². The third kappa shape index (κ3) is 4.03. The van der Waals surface area contributed by atoms with Crippen LogP contribution in [0.25, 0.3) is 10.6 Å². The lowest BCUT2D eigenvalue weighted by molar-refractivity contribution is -0.116. The van der Waals surface area contributed by atoms with Gasteiger partial charge in [0.2, 0.25) is 5.91 Å². The molecule has 0 aliphatic heterocycles. The zero-order valence-corrected chi connectivity index (χ0v) is 14.5. The van der Waals surface area contributed by atoms with E-state index in [0.29, 0.717) is 21.4 Å². The Morgan fingerprint density at radius 2 is 1.96 bits per heavy atom. The molecule has 5 nitrogen and oxygen atoms in total. The summed E-state index contributed by atoms with van der Waals surface area (Å²) in [4.78, 5) is 29.3. The lowest BCUT2D eigenvalue weighted by Gasteiger charge is -2.08. The highest BCUT2D eigenvalue weighted by Gasteiger charge is 2.09. The summed E-state index contributed by atoms with van der Waals surface area (Å²) in [6.07, 6.45) is 1.36. The summed E-state index contributed by atoms with van der Waals surface area (Å²) in [5.41, 5.74) is 0.759. The fourth-order valence-electron chi connectivity index (χ4n) is 2.08. The monoisotopic (exact) mass is 379 g/mol. The van der Waals surface area contributed by atoms with E-state index in [9.17, 15) is 9.59 Å². The van der Waals surface area contributed by atoms with E-state index in [0.717, 1.165) is 4.88 Å². The number of nitrogens with one attached hydrogen (secondary N) is 1. The number of hydrogen-bond acceptors (Lipinski definition) is 4. The number of halogens is 2. The molecule has 0 unspecified atom stereocenters. The smallest absolute Gasteiger partial charge is 0.254 e. The van der Waals surface area contributed by atoms with Crippen molar-refractivity contribution in [1.82, 2.24) is 9.55 Å². The molecule has 1 N–H and O–H groups in total. The van der Waals surface area contributed by atoms with E-state index in [1.807, 2.05) is 17.5 Å². The highest BCUT2D eigenvalue weighted by molar-refractivity contribution is 7.13. The lowest BCUT2D eigenvalue weighted by atomic mass is 10.3. The number of nitrogens with zero attached hydrogens (tertiary/aromatic N) is 2. The molecule has 0 fully saturated rings. The summed E-state index contributed by atoms with van der Waals surface area (Å²) >= 11 is 13.3. The van der Waals surface area contributed by atoms with Crippen LogP contribution in [0.15, 0.2) is 52.9 Å². The number of amides is 1. The second-order valence-corrected chi connectivity index (χ2v) is 6.74. The molecule has 0 atom stereocenters. The predicted octanol–water partition coefficient (Wildman–Crippen LogP) is 3.92. The average molecular weight is 380 g/mol. The Morgan fingerprint density at radius 3 is 2.58 bits per heavy atom. The van der Waals surface area contributed by atoms with Crippen LogP contribution in [0.2, 0.25) is 10.0 Å². The second kappa shape index (κ2) is 7.17. The molecule has 3 rings (SSSR count). The van der Waals surface area contributed by atoms with E-state index in [2.05, 4.69) is 10.3 Å². The third-order valence-electron chi connectivity index (χ3n) is 3.11. The van der Waals surface area contributed by atoms with E-state index in [-0.39, 0.29) is 18.0 Å². The van der Waals surface area contributed by atoms with Crippen molar-refractivity contribution in [3.8, 4) is 10.6 Å². The van der Waals surface area contributed by atoms with Gasteiger partial charge in [-0.1, -0.05) is 29.3 Å². The molecule has 0 saturated heterocycles. The maximum Gasteiger partial charge on any atom is 0.254 e. The summed E-state index contributed by atoms with van der Waals surface area (Å²) in [5, 5.41) is 5.38. The molecule has 122 valence electrons. The maximum atomic E-state index is 12.1. The Balaban J connectivity index is 1.73. The molecule has 0 radical (unpaired) electrons. The molecule has 2 aromatic heterocycles.